The van der Waals surface area contributed by atoms with Crippen LogP contribution in [-0.4, -0.2) is 21.0 Å². The fraction of sp³-hybridized carbons (Fsp3) is 0.462. The highest BCUT2D eigenvalue weighted by atomic mass is 32.1. The van der Waals surface area contributed by atoms with Gasteiger partial charge in [0, 0.05) is 23.4 Å². The lowest BCUT2D eigenvalue weighted by Gasteiger charge is -2.32. The smallest absolute Gasteiger partial charge is 0.222 e. The Morgan fingerprint density at radius 2 is 2.15 bits per heavy atom. The van der Waals surface area contributed by atoms with Crippen LogP contribution in [0.1, 0.15) is 35.2 Å². The van der Waals surface area contributed by atoms with Gasteiger partial charge in [0.05, 0.1) is 22.9 Å². The van der Waals surface area contributed by atoms with E-state index in [0.29, 0.717) is 24.5 Å². The standard InChI is InChI=1S/C13H18N6S/c1-7-17-10(6-20-7)5-16-12-4-11(18-13(15)19-12)8-2-9(14)3-8/h4,6,8-9H,2-3,5,14H2,1H3,(H3,15,16,18,19). The first kappa shape index (κ1) is 13.3. The van der Waals surface area contributed by atoms with Crippen LogP contribution in [-0.2, 0) is 6.54 Å². The molecule has 0 spiro atoms. The Labute approximate surface area is 121 Å². The summed E-state index contributed by atoms with van der Waals surface area (Å²) in [5.74, 6) is 1.47. The highest BCUT2D eigenvalue weighted by Crippen LogP contribution is 2.35. The number of anilines is 2. The molecular weight excluding hydrogens is 272 g/mol. The summed E-state index contributed by atoms with van der Waals surface area (Å²) in [4.78, 5) is 12.9. The molecule has 6 nitrogen and oxygen atoms in total. The minimum atomic E-state index is 0.297. The molecule has 20 heavy (non-hydrogen) atoms. The third kappa shape index (κ3) is 2.88. The maximum atomic E-state index is 5.82. The highest BCUT2D eigenvalue weighted by Gasteiger charge is 2.29. The van der Waals surface area contributed by atoms with E-state index in [1.165, 1.54) is 0 Å². The molecule has 0 radical (unpaired) electrons. The van der Waals surface area contributed by atoms with Gasteiger partial charge in [-0.1, -0.05) is 0 Å². The maximum Gasteiger partial charge on any atom is 0.222 e. The van der Waals surface area contributed by atoms with E-state index in [4.69, 9.17) is 11.5 Å². The van der Waals surface area contributed by atoms with Crippen molar-refractivity contribution in [2.75, 3.05) is 11.1 Å². The number of nitrogens with one attached hydrogen (secondary N) is 1. The molecule has 2 aromatic rings. The lowest BCUT2D eigenvalue weighted by Crippen LogP contribution is -2.35. The van der Waals surface area contributed by atoms with Crippen molar-refractivity contribution in [1.29, 1.82) is 0 Å². The summed E-state index contributed by atoms with van der Waals surface area (Å²) in [6, 6.07) is 2.26. The quantitative estimate of drug-likeness (QED) is 0.791. The Hall–Kier alpha value is -1.73. The SMILES string of the molecule is Cc1nc(CNc2cc(C3CC(N)C3)nc(N)n2)cs1. The van der Waals surface area contributed by atoms with Gasteiger partial charge >= 0.3 is 0 Å². The van der Waals surface area contributed by atoms with Crippen LogP contribution in [0.3, 0.4) is 0 Å². The number of hydrogen-bond acceptors (Lipinski definition) is 7. The van der Waals surface area contributed by atoms with Crippen LogP contribution in [0.25, 0.3) is 0 Å². The van der Waals surface area contributed by atoms with Crippen molar-refractivity contribution in [3.05, 3.63) is 27.8 Å². The van der Waals surface area contributed by atoms with Gasteiger partial charge in [-0.25, -0.2) is 9.97 Å². The minimum Gasteiger partial charge on any atom is -0.368 e. The second kappa shape index (κ2) is 5.34. The van der Waals surface area contributed by atoms with Crippen LogP contribution in [0.15, 0.2) is 11.4 Å². The van der Waals surface area contributed by atoms with E-state index in [-0.39, 0.29) is 0 Å². The number of thiazole rings is 1. The van der Waals surface area contributed by atoms with E-state index in [2.05, 4.69) is 20.3 Å². The van der Waals surface area contributed by atoms with Gasteiger partial charge in [0.1, 0.15) is 5.82 Å². The molecule has 0 atom stereocenters. The molecule has 3 rings (SSSR count). The fourth-order valence-corrected chi connectivity index (χ4v) is 2.97. The predicted molar refractivity (Wildman–Crippen MR) is 80.6 cm³/mol. The second-order valence-electron chi connectivity index (χ2n) is 5.18. The van der Waals surface area contributed by atoms with E-state index in [1.807, 2.05) is 18.4 Å². The number of nitrogens with two attached hydrogens (primary N) is 2. The molecule has 2 aromatic heterocycles. The third-order valence-corrected chi connectivity index (χ3v) is 4.30. The first-order valence-corrected chi connectivity index (χ1v) is 7.53. The van der Waals surface area contributed by atoms with Gasteiger partial charge in [0.15, 0.2) is 0 Å². The topological polar surface area (TPSA) is 103 Å². The fourth-order valence-electron chi connectivity index (χ4n) is 2.36. The summed E-state index contributed by atoms with van der Waals surface area (Å²) >= 11 is 1.64. The van der Waals surface area contributed by atoms with Gasteiger partial charge in [0.25, 0.3) is 0 Å². The zero-order chi connectivity index (χ0) is 14.1. The maximum absolute atomic E-state index is 5.82. The van der Waals surface area contributed by atoms with Crippen molar-refractivity contribution in [2.45, 2.75) is 38.3 Å². The minimum absolute atomic E-state index is 0.297. The molecule has 0 aromatic carbocycles. The molecule has 0 amide bonds. The van der Waals surface area contributed by atoms with Crippen LogP contribution in [0.5, 0.6) is 0 Å². The van der Waals surface area contributed by atoms with E-state index < -0.39 is 0 Å². The van der Waals surface area contributed by atoms with E-state index >= 15 is 0 Å². The van der Waals surface area contributed by atoms with Gasteiger partial charge < -0.3 is 16.8 Å². The van der Waals surface area contributed by atoms with Crippen LogP contribution < -0.4 is 16.8 Å². The molecule has 1 saturated carbocycles. The number of hydrogen-bond donors (Lipinski definition) is 3. The van der Waals surface area contributed by atoms with Crippen molar-refractivity contribution >= 4 is 23.1 Å². The Balaban J connectivity index is 1.69. The molecule has 0 saturated heterocycles. The second-order valence-corrected chi connectivity index (χ2v) is 6.24. The lowest BCUT2D eigenvalue weighted by molar-refractivity contribution is 0.345. The Bertz CT molecular complexity index is 605. The van der Waals surface area contributed by atoms with Crippen LogP contribution in [0.2, 0.25) is 0 Å². The molecule has 7 heteroatoms. The number of aryl methyl sites for hydroxylation is 1. The summed E-state index contributed by atoms with van der Waals surface area (Å²) in [6.45, 7) is 2.64. The molecule has 0 bridgehead atoms. The molecule has 106 valence electrons. The number of nitrogens with zero attached hydrogens (tertiary/aromatic N) is 3. The zero-order valence-electron chi connectivity index (χ0n) is 11.3. The molecule has 1 fully saturated rings. The van der Waals surface area contributed by atoms with Crippen LogP contribution >= 0.6 is 11.3 Å². The number of nitrogen functional groups attached to an aromatic ring is 1. The van der Waals surface area contributed by atoms with Gasteiger partial charge in [0.2, 0.25) is 5.95 Å². The number of rotatable bonds is 4. The van der Waals surface area contributed by atoms with Crippen molar-refractivity contribution in [3.8, 4) is 0 Å². The predicted octanol–water partition coefficient (Wildman–Crippen LogP) is 1.64. The molecule has 0 aliphatic heterocycles. The summed E-state index contributed by atoms with van der Waals surface area (Å²) in [5.41, 5.74) is 13.6. The van der Waals surface area contributed by atoms with Gasteiger partial charge in [-0.2, -0.15) is 4.98 Å². The third-order valence-electron chi connectivity index (χ3n) is 3.47. The van der Waals surface area contributed by atoms with E-state index in [0.717, 1.165) is 35.1 Å². The van der Waals surface area contributed by atoms with E-state index in [9.17, 15) is 0 Å². The molecule has 2 heterocycles. The molecule has 1 aliphatic rings. The average molecular weight is 290 g/mol. The molecule has 1 aliphatic carbocycles. The summed E-state index contributed by atoms with van der Waals surface area (Å²) in [5, 5.41) is 6.36. The average Bonchev–Trinajstić information content (AvgIpc) is 2.78. The first-order chi connectivity index (χ1) is 9.60. The van der Waals surface area contributed by atoms with Crippen molar-refractivity contribution in [3.63, 3.8) is 0 Å². The largest absolute Gasteiger partial charge is 0.368 e. The monoisotopic (exact) mass is 290 g/mol. The first-order valence-electron chi connectivity index (χ1n) is 6.65. The van der Waals surface area contributed by atoms with Gasteiger partial charge in [-0.3, -0.25) is 0 Å². The van der Waals surface area contributed by atoms with Crippen LogP contribution in [0, 0.1) is 6.92 Å². The summed E-state index contributed by atoms with van der Waals surface area (Å²) in [7, 11) is 0. The Morgan fingerprint density at radius 3 is 2.80 bits per heavy atom. The van der Waals surface area contributed by atoms with Crippen molar-refractivity contribution in [2.24, 2.45) is 5.73 Å². The van der Waals surface area contributed by atoms with Gasteiger partial charge in [-0.05, 0) is 19.8 Å². The van der Waals surface area contributed by atoms with Gasteiger partial charge in [-0.15, -0.1) is 11.3 Å². The Kier molecular flexibility index (Phi) is 3.54. The lowest BCUT2D eigenvalue weighted by atomic mass is 9.78. The summed E-state index contributed by atoms with van der Waals surface area (Å²) in [6.07, 6.45) is 1.95. The van der Waals surface area contributed by atoms with Crippen molar-refractivity contribution in [1.82, 2.24) is 15.0 Å². The number of aromatic nitrogens is 3. The van der Waals surface area contributed by atoms with E-state index in [1.54, 1.807) is 11.3 Å². The van der Waals surface area contributed by atoms with Crippen LogP contribution in [0.4, 0.5) is 11.8 Å². The summed E-state index contributed by atoms with van der Waals surface area (Å²) < 4.78 is 0. The molecule has 0 unspecified atom stereocenters. The zero-order valence-corrected chi connectivity index (χ0v) is 12.2. The molecular formula is C13H18N6S. The molecule has 5 N–H and O–H groups in total. The Morgan fingerprint density at radius 1 is 1.35 bits per heavy atom. The van der Waals surface area contributed by atoms with Crippen molar-refractivity contribution < 1.29 is 0 Å². The normalized spacial score (nSPS) is 21.5. The highest BCUT2D eigenvalue weighted by molar-refractivity contribution is 7.09.